The molecule has 15 heavy (non-hydrogen) atoms. The van der Waals surface area contributed by atoms with Gasteiger partial charge in [-0.1, -0.05) is 6.07 Å². The summed E-state index contributed by atoms with van der Waals surface area (Å²) in [5, 5.41) is 7.27. The van der Waals surface area contributed by atoms with E-state index in [4.69, 9.17) is 10.1 Å². The SMILES string of the molecule is COc1cccc(-n2cccc2C=N)c1. The number of benzene rings is 1. The van der Waals surface area contributed by atoms with Crippen molar-refractivity contribution in [1.82, 2.24) is 4.57 Å². The molecular weight excluding hydrogens is 188 g/mol. The summed E-state index contributed by atoms with van der Waals surface area (Å²) in [5.74, 6) is 0.817. The van der Waals surface area contributed by atoms with Crippen LogP contribution >= 0.6 is 0 Å². The number of hydrogen-bond acceptors (Lipinski definition) is 2. The number of aromatic nitrogens is 1. The van der Waals surface area contributed by atoms with Crippen LogP contribution in [0.5, 0.6) is 5.75 Å². The number of hydrogen-bond donors (Lipinski definition) is 1. The van der Waals surface area contributed by atoms with Crippen LogP contribution in [-0.4, -0.2) is 17.9 Å². The van der Waals surface area contributed by atoms with Crippen LogP contribution in [-0.2, 0) is 0 Å². The average Bonchev–Trinajstić information content (AvgIpc) is 2.77. The maximum Gasteiger partial charge on any atom is 0.120 e. The van der Waals surface area contributed by atoms with Gasteiger partial charge < -0.3 is 14.7 Å². The number of nitrogens with zero attached hydrogens (tertiary/aromatic N) is 1. The first-order valence-electron chi connectivity index (χ1n) is 4.67. The highest BCUT2D eigenvalue weighted by atomic mass is 16.5. The molecule has 3 heteroatoms. The largest absolute Gasteiger partial charge is 0.497 e. The molecule has 0 aliphatic heterocycles. The smallest absolute Gasteiger partial charge is 0.120 e. The second kappa shape index (κ2) is 4.00. The Balaban J connectivity index is 2.48. The van der Waals surface area contributed by atoms with Crippen LogP contribution in [0.1, 0.15) is 5.69 Å². The summed E-state index contributed by atoms with van der Waals surface area (Å²) in [6.07, 6.45) is 3.26. The maximum absolute atomic E-state index is 7.27. The molecule has 0 radical (unpaired) electrons. The number of nitrogens with one attached hydrogen (secondary N) is 1. The summed E-state index contributed by atoms with van der Waals surface area (Å²) in [5.41, 5.74) is 1.85. The first-order valence-corrected chi connectivity index (χ1v) is 4.67. The molecule has 0 saturated carbocycles. The highest BCUT2D eigenvalue weighted by molar-refractivity contribution is 5.76. The molecule has 1 heterocycles. The molecule has 0 aliphatic carbocycles. The molecule has 2 aromatic rings. The van der Waals surface area contributed by atoms with Gasteiger partial charge in [0.25, 0.3) is 0 Å². The van der Waals surface area contributed by atoms with E-state index in [1.54, 1.807) is 7.11 Å². The zero-order valence-corrected chi connectivity index (χ0v) is 8.47. The van der Waals surface area contributed by atoms with Crippen molar-refractivity contribution in [2.45, 2.75) is 0 Å². The molecule has 3 nitrogen and oxygen atoms in total. The first-order chi connectivity index (χ1) is 7.35. The number of ether oxygens (including phenoxy) is 1. The van der Waals surface area contributed by atoms with Crippen LogP contribution < -0.4 is 4.74 Å². The lowest BCUT2D eigenvalue weighted by Crippen LogP contribution is -1.97. The van der Waals surface area contributed by atoms with Crippen LogP contribution in [0.15, 0.2) is 42.6 Å². The topological polar surface area (TPSA) is 38.0 Å². The monoisotopic (exact) mass is 200 g/mol. The van der Waals surface area contributed by atoms with Crippen molar-refractivity contribution in [2.24, 2.45) is 0 Å². The molecule has 76 valence electrons. The summed E-state index contributed by atoms with van der Waals surface area (Å²) < 4.78 is 7.10. The van der Waals surface area contributed by atoms with E-state index in [0.717, 1.165) is 17.1 Å². The molecule has 1 N–H and O–H groups in total. The zero-order valence-electron chi connectivity index (χ0n) is 8.47. The quantitative estimate of drug-likeness (QED) is 0.759. The van der Waals surface area contributed by atoms with Crippen molar-refractivity contribution in [3.05, 3.63) is 48.3 Å². The van der Waals surface area contributed by atoms with Crippen molar-refractivity contribution in [3.8, 4) is 11.4 Å². The molecule has 0 unspecified atom stereocenters. The Kier molecular flexibility index (Phi) is 2.54. The van der Waals surface area contributed by atoms with E-state index in [0.29, 0.717) is 0 Å². The van der Waals surface area contributed by atoms with E-state index < -0.39 is 0 Å². The Bertz CT molecular complexity index is 474. The maximum atomic E-state index is 7.27. The standard InChI is InChI=1S/C12H12N2O/c1-15-12-6-2-4-10(8-12)14-7-3-5-11(14)9-13/h2-9,13H,1H3. The van der Waals surface area contributed by atoms with Gasteiger partial charge in [-0.2, -0.15) is 0 Å². The van der Waals surface area contributed by atoms with Crippen LogP contribution in [0.2, 0.25) is 0 Å². The van der Waals surface area contributed by atoms with Crippen LogP contribution in [0, 0.1) is 5.41 Å². The molecule has 0 bridgehead atoms. The predicted octanol–water partition coefficient (Wildman–Crippen LogP) is 2.48. The lowest BCUT2D eigenvalue weighted by atomic mass is 10.3. The Hall–Kier alpha value is -2.03. The van der Waals surface area contributed by atoms with E-state index >= 15 is 0 Å². The third kappa shape index (κ3) is 1.76. The van der Waals surface area contributed by atoms with Gasteiger partial charge in [0.15, 0.2) is 0 Å². The summed E-state index contributed by atoms with van der Waals surface area (Å²) in [6, 6.07) is 11.6. The molecule has 0 amide bonds. The van der Waals surface area contributed by atoms with Crippen LogP contribution in [0.4, 0.5) is 0 Å². The normalized spacial score (nSPS) is 9.93. The van der Waals surface area contributed by atoms with Gasteiger partial charge in [-0.05, 0) is 24.3 Å². The van der Waals surface area contributed by atoms with Gasteiger partial charge >= 0.3 is 0 Å². The van der Waals surface area contributed by atoms with Crippen molar-refractivity contribution >= 4 is 6.21 Å². The Morgan fingerprint density at radius 1 is 1.27 bits per heavy atom. The molecule has 0 saturated heterocycles. The van der Waals surface area contributed by atoms with Crippen LogP contribution in [0.25, 0.3) is 5.69 Å². The van der Waals surface area contributed by atoms with Crippen molar-refractivity contribution in [1.29, 1.82) is 5.41 Å². The molecule has 0 aliphatic rings. The fourth-order valence-electron chi connectivity index (χ4n) is 1.51. The summed E-state index contributed by atoms with van der Waals surface area (Å²) in [4.78, 5) is 0. The minimum absolute atomic E-state index is 0.817. The Morgan fingerprint density at radius 2 is 2.13 bits per heavy atom. The second-order valence-corrected chi connectivity index (χ2v) is 3.15. The molecule has 1 aromatic heterocycles. The minimum Gasteiger partial charge on any atom is -0.497 e. The lowest BCUT2D eigenvalue weighted by molar-refractivity contribution is 0.414. The van der Waals surface area contributed by atoms with Gasteiger partial charge in [-0.25, -0.2) is 0 Å². The third-order valence-electron chi connectivity index (χ3n) is 2.26. The van der Waals surface area contributed by atoms with Crippen molar-refractivity contribution in [2.75, 3.05) is 7.11 Å². The molecular formula is C12H12N2O. The van der Waals surface area contributed by atoms with E-state index in [-0.39, 0.29) is 0 Å². The fraction of sp³-hybridized carbons (Fsp3) is 0.0833. The van der Waals surface area contributed by atoms with Crippen molar-refractivity contribution < 1.29 is 4.74 Å². The molecule has 0 atom stereocenters. The lowest BCUT2D eigenvalue weighted by Gasteiger charge is -2.07. The summed E-state index contributed by atoms with van der Waals surface area (Å²) in [7, 11) is 1.65. The predicted molar refractivity (Wildman–Crippen MR) is 60.2 cm³/mol. The average molecular weight is 200 g/mol. The molecule has 0 fully saturated rings. The molecule has 2 rings (SSSR count). The van der Waals surface area contributed by atoms with E-state index in [9.17, 15) is 0 Å². The van der Waals surface area contributed by atoms with Gasteiger partial charge in [0.2, 0.25) is 0 Å². The number of rotatable bonds is 3. The Morgan fingerprint density at radius 3 is 2.87 bits per heavy atom. The highest BCUT2D eigenvalue weighted by Crippen LogP contribution is 2.17. The van der Waals surface area contributed by atoms with Crippen LogP contribution in [0.3, 0.4) is 0 Å². The van der Waals surface area contributed by atoms with E-state index in [1.807, 2.05) is 47.2 Å². The second-order valence-electron chi connectivity index (χ2n) is 3.15. The van der Waals surface area contributed by atoms with Gasteiger partial charge in [-0.15, -0.1) is 0 Å². The van der Waals surface area contributed by atoms with Gasteiger partial charge in [-0.3, -0.25) is 0 Å². The zero-order chi connectivity index (χ0) is 10.7. The first kappa shape index (κ1) is 9.52. The Labute approximate surface area is 88.4 Å². The highest BCUT2D eigenvalue weighted by Gasteiger charge is 2.01. The third-order valence-corrected chi connectivity index (χ3v) is 2.26. The van der Waals surface area contributed by atoms with Gasteiger partial charge in [0.1, 0.15) is 5.75 Å². The van der Waals surface area contributed by atoms with Crippen molar-refractivity contribution in [3.63, 3.8) is 0 Å². The fourth-order valence-corrected chi connectivity index (χ4v) is 1.51. The summed E-state index contributed by atoms with van der Waals surface area (Å²) >= 11 is 0. The summed E-state index contributed by atoms with van der Waals surface area (Å²) in [6.45, 7) is 0. The van der Waals surface area contributed by atoms with E-state index in [2.05, 4.69) is 0 Å². The van der Waals surface area contributed by atoms with Gasteiger partial charge in [0.05, 0.1) is 12.8 Å². The van der Waals surface area contributed by atoms with Gasteiger partial charge in [0, 0.05) is 24.2 Å². The van der Waals surface area contributed by atoms with E-state index in [1.165, 1.54) is 6.21 Å². The minimum atomic E-state index is 0.817. The number of methoxy groups -OCH3 is 1. The molecule has 0 spiro atoms. The molecule has 1 aromatic carbocycles.